The molecule has 3 aromatic rings. The second-order valence-electron chi connectivity index (χ2n) is 7.11. The van der Waals surface area contributed by atoms with Crippen LogP contribution in [0.5, 0.6) is 0 Å². The van der Waals surface area contributed by atoms with Crippen molar-refractivity contribution in [1.29, 1.82) is 0 Å². The zero-order valence-corrected chi connectivity index (χ0v) is 15.3. The first kappa shape index (κ1) is 17.7. The van der Waals surface area contributed by atoms with Crippen molar-refractivity contribution < 1.29 is 9.18 Å². The lowest BCUT2D eigenvalue weighted by atomic mass is 10.0. The average Bonchev–Trinajstić information content (AvgIpc) is 3.06. The number of carbonyl (C=O) groups is 1. The van der Waals surface area contributed by atoms with E-state index in [4.69, 9.17) is 0 Å². The number of H-pyrrole nitrogens is 1. The van der Waals surface area contributed by atoms with Gasteiger partial charge in [-0.15, -0.1) is 0 Å². The minimum atomic E-state index is -0.252. The summed E-state index contributed by atoms with van der Waals surface area (Å²) in [7, 11) is 0. The summed E-state index contributed by atoms with van der Waals surface area (Å²) in [6.07, 6.45) is 4.57. The molecule has 0 saturated carbocycles. The van der Waals surface area contributed by atoms with Crippen molar-refractivity contribution in [3.8, 4) is 11.3 Å². The molecule has 0 atom stereocenters. The summed E-state index contributed by atoms with van der Waals surface area (Å²) < 4.78 is 13.3. The summed E-state index contributed by atoms with van der Waals surface area (Å²) >= 11 is 0. The molecule has 2 aromatic carbocycles. The summed E-state index contributed by atoms with van der Waals surface area (Å²) in [5, 5.41) is 3.14. The van der Waals surface area contributed by atoms with E-state index in [2.05, 4.69) is 16.5 Å². The molecule has 140 valence electrons. The Hall–Kier alpha value is -2.66. The Morgan fingerprint density at radius 2 is 1.78 bits per heavy atom. The van der Waals surface area contributed by atoms with Crippen molar-refractivity contribution in [2.75, 3.05) is 13.1 Å². The minimum absolute atomic E-state index is 0.0484. The van der Waals surface area contributed by atoms with Gasteiger partial charge in [0.25, 0.3) is 0 Å². The molecule has 0 radical (unpaired) electrons. The van der Waals surface area contributed by atoms with Crippen molar-refractivity contribution in [2.24, 2.45) is 0 Å². The topological polar surface area (TPSA) is 48.1 Å². The Balaban J connectivity index is 1.55. The van der Waals surface area contributed by atoms with Crippen molar-refractivity contribution in [2.45, 2.75) is 32.1 Å². The molecule has 0 bridgehead atoms. The Kier molecular flexibility index (Phi) is 5.21. The van der Waals surface area contributed by atoms with Gasteiger partial charge in [0.1, 0.15) is 5.82 Å². The number of rotatable bonds is 5. The normalized spacial score (nSPS) is 15.1. The maximum Gasteiger partial charge on any atom is 0.234 e. The van der Waals surface area contributed by atoms with Gasteiger partial charge in [-0.25, -0.2) is 9.40 Å². The highest BCUT2D eigenvalue weighted by Crippen LogP contribution is 2.31. The Morgan fingerprint density at radius 1 is 1.04 bits per heavy atom. The van der Waals surface area contributed by atoms with E-state index in [-0.39, 0.29) is 11.7 Å². The van der Waals surface area contributed by atoms with Crippen LogP contribution >= 0.6 is 0 Å². The third-order valence-corrected chi connectivity index (χ3v) is 5.19. The van der Waals surface area contributed by atoms with Gasteiger partial charge in [0.2, 0.25) is 5.91 Å². The molecule has 2 N–H and O–H groups in total. The van der Waals surface area contributed by atoms with Crippen LogP contribution in [0.1, 0.15) is 31.2 Å². The number of nitrogens with one attached hydrogen (secondary N) is 2. The van der Waals surface area contributed by atoms with E-state index in [1.165, 1.54) is 18.6 Å². The maximum atomic E-state index is 13.3. The number of para-hydroxylation sites is 1. The quantitative estimate of drug-likeness (QED) is 0.703. The highest BCUT2D eigenvalue weighted by atomic mass is 19.1. The van der Waals surface area contributed by atoms with E-state index in [0.717, 1.165) is 53.7 Å². The third kappa shape index (κ3) is 4.03. The number of amides is 1. The lowest BCUT2D eigenvalue weighted by Crippen LogP contribution is -2.45. The molecule has 1 aliphatic rings. The Morgan fingerprint density at radius 3 is 2.56 bits per heavy atom. The molecule has 5 heteroatoms. The van der Waals surface area contributed by atoms with Gasteiger partial charge >= 0.3 is 0 Å². The number of piperidine rings is 1. The molecule has 27 heavy (non-hydrogen) atoms. The number of hydrogen-bond acceptors (Lipinski definition) is 2. The highest BCUT2D eigenvalue weighted by molar-refractivity contribution is 5.91. The second kappa shape index (κ2) is 7.92. The molecular formula is C22H24FN3O. The van der Waals surface area contributed by atoms with Gasteiger partial charge in [-0.05, 0) is 60.7 Å². The van der Waals surface area contributed by atoms with Crippen LogP contribution in [0.4, 0.5) is 4.39 Å². The van der Waals surface area contributed by atoms with Gasteiger partial charge in [-0.1, -0.05) is 24.6 Å². The van der Waals surface area contributed by atoms with Crippen LogP contribution in [-0.2, 0) is 11.2 Å². The lowest BCUT2D eigenvalue weighted by molar-refractivity contribution is -0.126. The fourth-order valence-corrected chi connectivity index (χ4v) is 3.80. The summed E-state index contributed by atoms with van der Waals surface area (Å²) in [4.78, 5) is 15.9. The van der Waals surface area contributed by atoms with Crippen molar-refractivity contribution in [1.82, 2.24) is 15.4 Å². The lowest BCUT2D eigenvalue weighted by Gasteiger charge is -2.26. The van der Waals surface area contributed by atoms with Gasteiger partial charge in [0, 0.05) is 36.1 Å². The smallest absolute Gasteiger partial charge is 0.234 e. The molecule has 1 saturated heterocycles. The van der Waals surface area contributed by atoms with E-state index in [9.17, 15) is 9.18 Å². The fourth-order valence-electron chi connectivity index (χ4n) is 3.80. The van der Waals surface area contributed by atoms with Crippen molar-refractivity contribution in [3.63, 3.8) is 0 Å². The SMILES string of the molecule is O=C(CCc1c(-c2ccc(F)cc2)[nH]c2ccccc12)NN1CCCCC1. The summed E-state index contributed by atoms with van der Waals surface area (Å²) in [6.45, 7) is 1.86. The van der Waals surface area contributed by atoms with Crippen LogP contribution in [0.3, 0.4) is 0 Å². The predicted octanol–water partition coefficient (Wildman–Crippen LogP) is 4.42. The van der Waals surface area contributed by atoms with Crippen LogP contribution in [0.2, 0.25) is 0 Å². The number of carbonyl (C=O) groups excluding carboxylic acids is 1. The predicted molar refractivity (Wildman–Crippen MR) is 106 cm³/mol. The summed E-state index contributed by atoms with van der Waals surface area (Å²) in [5.74, 6) is -0.204. The number of aromatic amines is 1. The maximum absolute atomic E-state index is 13.3. The zero-order chi connectivity index (χ0) is 18.6. The van der Waals surface area contributed by atoms with Crippen LogP contribution < -0.4 is 5.43 Å². The first-order chi connectivity index (χ1) is 13.2. The first-order valence-electron chi connectivity index (χ1n) is 9.60. The number of benzene rings is 2. The third-order valence-electron chi connectivity index (χ3n) is 5.19. The molecule has 0 aliphatic carbocycles. The van der Waals surface area contributed by atoms with Crippen LogP contribution in [0, 0.1) is 5.82 Å². The number of aryl methyl sites for hydroxylation is 1. The monoisotopic (exact) mass is 365 g/mol. The van der Waals surface area contributed by atoms with Gasteiger partial charge in [-0.3, -0.25) is 10.2 Å². The number of nitrogens with zero attached hydrogens (tertiary/aromatic N) is 1. The largest absolute Gasteiger partial charge is 0.354 e. The van der Waals surface area contributed by atoms with Gasteiger partial charge in [0.05, 0.1) is 0 Å². The Labute approximate surface area is 158 Å². The number of hydrogen-bond donors (Lipinski definition) is 2. The van der Waals surface area contributed by atoms with Crippen molar-refractivity contribution >= 4 is 16.8 Å². The molecule has 1 amide bonds. The summed E-state index contributed by atoms with van der Waals surface area (Å²) in [6, 6.07) is 14.6. The average molecular weight is 365 g/mol. The molecule has 0 spiro atoms. The molecule has 1 fully saturated rings. The molecule has 0 unspecified atom stereocenters. The molecule has 4 rings (SSSR count). The van der Waals surface area contributed by atoms with Gasteiger partial charge in [0.15, 0.2) is 0 Å². The van der Waals surface area contributed by atoms with Crippen molar-refractivity contribution in [3.05, 3.63) is 59.9 Å². The van der Waals surface area contributed by atoms with E-state index in [1.54, 1.807) is 12.1 Å². The molecule has 1 aromatic heterocycles. The number of hydrazine groups is 1. The van der Waals surface area contributed by atoms with E-state index in [0.29, 0.717) is 12.8 Å². The molecule has 2 heterocycles. The van der Waals surface area contributed by atoms with Crippen LogP contribution in [0.25, 0.3) is 22.2 Å². The van der Waals surface area contributed by atoms with Gasteiger partial charge in [-0.2, -0.15) is 0 Å². The van der Waals surface area contributed by atoms with Gasteiger partial charge < -0.3 is 4.98 Å². The molecular weight excluding hydrogens is 341 g/mol. The van der Waals surface area contributed by atoms with E-state index >= 15 is 0 Å². The highest BCUT2D eigenvalue weighted by Gasteiger charge is 2.16. The minimum Gasteiger partial charge on any atom is -0.354 e. The second-order valence-corrected chi connectivity index (χ2v) is 7.11. The zero-order valence-electron chi connectivity index (χ0n) is 15.3. The molecule has 1 aliphatic heterocycles. The number of fused-ring (bicyclic) bond motifs is 1. The standard InChI is InChI=1S/C22H24FN3O/c23-17-10-8-16(9-11-17)22-19(18-6-2-3-7-20(18)24-22)12-13-21(27)25-26-14-4-1-5-15-26/h2-3,6-11,24H,1,4-5,12-15H2,(H,25,27). The Bertz CT molecular complexity index is 926. The number of halogens is 1. The molecule has 4 nitrogen and oxygen atoms in total. The fraction of sp³-hybridized carbons (Fsp3) is 0.318. The van der Waals surface area contributed by atoms with Crippen LogP contribution in [0.15, 0.2) is 48.5 Å². The van der Waals surface area contributed by atoms with E-state index in [1.807, 2.05) is 23.2 Å². The number of aromatic nitrogens is 1. The summed E-state index contributed by atoms with van der Waals surface area (Å²) in [5.41, 5.74) is 7.05. The first-order valence-corrected chi connectivity index (χ1v) is 9.60. The van der Waals surface area contributed by atoms with E-state index < -0.39 is 0 Å². The van der Waals surface area contributed by atoms with Crippen LogP contribution in [-0.4, -0.2) is 29.0 Å².